The van der Waals surface area contributed by atoms with Gasteiger partial charge in [0.2, 0.25) is 5.91 Å². The lowest BCUT2D eigenvalue weighted by Gasteiger charge is -2.35. The number of carbonyl (C=O) groups excluding carboxylic acids is 1. The highest BCUT2D eigenvalue weighted by Crippen LogP contribution is 2.33. The molecule has 4 rings (SSSR count). The average Bonchev–Trinajstić information content (AvgIpc) is 3.32. The fourth-order valence-electron chi connectivity index (χ4n) is 4.35. The van der Waals surface area contributed by atoms with Gasteiger partial charge >= 0.3 is 0 Å². The van der Waals surface area contributed by atoms with Crippen molar-refractivity contribution in [1.29, 1.82) is 0 Å². The second kappa shape index (κ2) is 7.60. The van der Waals surface area contributed by atoms with Gasteiger partial charge in [0.25, 0.3) is 0 Å². The first-order valence-electron chi connectivity index (χ1n) is 9.43. The number of aromatic amines is 1. The molecular weight excluding hydrogens is 328 g/mol. The Morgan fingerprint density at radius 3 is 2.73 bits per heavy atom. The Labute approximate surface area is 153 Å². The number of ether oxygens (including phenoxy) is 1. The fraction of sp³-hybridized carbons (Fsp3) is 0.500. The number of rotatable bonds is 5. The molecular formula is C20H26N4O2. The van der Waals surface area contributed by atoms with Crippen molar-refractivity contribution < 1.29 is 9.53 Å². The van der Waals surface area contributed by atoms with Crippen molar-refractivity contribution in [3.63, 3.8) is 0 Å². The molecule has 138 valence electrons. The first-order valence-corrected chi connectivity index (χ1v) is 9.43. The normalized spacial score (nSPS) is 24.8. The Balaban J connectivity index is 1.37. The largest absolute Gasteiger partial charge is 0.377 e. The van der Waals surface area contributed by atoms with Gasteiger partial charge in [-0.05, 0) is 43.8 Å². The summed E-state index contributed by atoms with van der Waals surface area (Å²) in [5, 5.41) is 7.38. The summed E-state index contributed by atoms with van der Waals surface area (Å²) in [6.07, 6.45) is 4.82. The molecule has 2 atom stereocenters. The van der Waals surface area contributed by atoms with Crippen LogP contribution in [0.1, 0.15) is 24.8 Å². The zero-order valence-corrected chi connectivity index (χ0v) is 14.9. The van der Waals surface area contributed by atoms with E-state index in [9.17, 15) is 4.79 Å². The molecule has 1 amide bonds. The molecule has 3 N–H and O–H groups in total. The number of likely N-dealkylation sites (tertiary alicyclic amines) is 1. The number of hydrogen-bond acceptors (Lipinski definition) is 4. The Hall–Kier alpha value is -2.18. The summed E-state index contributed by atoms with van der Waals surface area (Å²) in [7, 11) is 0. The minimum Gasteiger partial charge on any atom is -0.377 e. The first kappa shape index (κ1) is 17.2. The summed E-state index contributed by atoms with van der Waals surface area (Å²) in [5.74, 6) is 0.120. The predicted molar refractivity (Wildman–Crippen MR) is 99.1 cm³/mol. The van der Waals surface area contributed by atoms with Gasteiger partial charge in [-0.15, -0.1) is 0 Å². The van der Waals surface area contributed by atoms with E-state index in [1.165, 1.54) is 11.1 Å². The lowest BCUT2D eigenvalue weighted by Crippen LogP contribution is -2.41. The maximum absolute atomic E-state index is 11.6. The minimum atomic E-state index is -0.208. The summed E-state index contributed by atoms with van der Waals surface area (Å²) in [6, 6.07) is 10.3. The van der Waals surface area contributed by atoms with Crippen LogP contribution in [0.5, 0.6) is 0 Å². The molecule has 2 aromatic rings. The molecule has 1 aromatic heterocycles. The van der Waals surface area contributed by atoms with Crippen LogP contribution in [0, 0.1) is 11.8 Å². The number of nitrogens with zero attached hydrogens (tertiary/aromatic N) is 2. The minimum absolute atomic E-state index is 0.0171. The lowest BCUT2D eigenvalue weighted by molar-refractivity contribution is -0.124. The van der Waals surface area contributed by atoms with E-state index in [2.05, 4.69) is 27.2 Å². The van der Waals surface area contributed by atoms with Crippen molar-refractivity contribution in [3.8, 4) is 11.3 Å². The number of nitrogens with one attached hydrogen (secondary N) is 1. The van der Waals surface area contributed by atoms with E-state index in [4.69, 9.17) is 10.5 Å². The van der Waals surface area contributed by atoms with E-state index in [0.29, 0.717) is 12.5 Å². The van der Waals surface area contributed by atoms with Gasteiger partial charge in [0, 0.05) is 18.7 Å². The molecule has 0 radical (unpaired) electrons. The van der Waals surface area contributed by atoms with E-state index in [1.54, 1.807) is 0 Å². The molecule has 1 aromatic carbocycles. The highest BCUT2D eigenvalue weighted by atomic mass is 16.5. The lowest BCUT2D eigenvalue weighted by atomic mass is 9.84. The first-order chi connectivity index (χ1) is 12.7. The summed E-state index contributed by atoms with van der Waals surface area (Å²) in [4.78, 5) is 14.1. The van der Waals surface area contributed by atoms with Crippen molar-refractivity contribution in [2.24, 2.45) is 17.6 Å². The van der Waals surface area contributed by atoms with Gasteiger partial charge in [-0.2, -0.15) is 5.10 Å². The van der Waals surface area contributed by atoms with Gasteiger partial charge in [-0.3, -0.25) is 14.8 Å². The molecule has 2 saturated heterocycles. The summed E-state index contributed by atoms with van der Waals surface area (Å²) < 4.78 is 5.85. The second-order valence-electron chi connectivity index (χ2n) is 7.38. The van der Waals surface area contributed by atoms with Crippen LogP contribution < -0.4 is 5.73 Å². The molecule has 26 heavy (non-hydrogen) atoms. The predicted octanol–water partition coefficient (Wildman–Crippen LogP) is 2.18. The number of primary amides is 1. The summed E-state index contributed by atoms with van der Waals surface area (Å²) in [6.45, 7) is 3.57. The monoisotopic (exact) mass is 354 g/mol. The van der Waals surface area contributed by atoms with Gasteiger partial charge in [0.1, 0.15) is 0 Å². The number of amides is 1. The summed E-state index contributed by atoms with van der Waals surface area (Å²) in [5.41, 5.74) is 9.03. The van der Waals surface area contributed by atoms with Crippen molar-refractivity contribution >= 4 is 5.91 Å². The molecule has 0 aliphatic carbocycles. The third kappa shape index (κ3) is 3.52. The Morgan fingerprint density at radius 2 is 2.00 bits per heavy atom. The average molecular weight is 354 g/mol. The molecule has 2 aliphatic rings. The van der Waals surface area contributed by atoms with Crippen molar-refractivity contribution in [3.05, 3.63) is 42.1 Å². The van der Waals surface area contributed by atoms with Crippen LogP contribution in [0.2, 0.25) is 0 Å². The highest BCUT2D eigenvalue weighted by Gasteiger charge is 2.39. The molecule has 3 heterocycles. The number of H-pyrrole nitrogens is 1. The van der Waals surface area contributed by atoms with Gasteiger partial charge in [0.15, 0.2) is 0 Å². The molecule has 0 spiro atoms. The van der Waals surface area contributed by atoms with Gasteiger partial charge in [0.05, 0.1) is 23.9 Å². The van der Waals surface area contributed by atoms with Crippen LogP contribution in [0.4, 0.5) is 0 Å². The van der Waals surface area contributed by atoms with Gasteiger partial charge in [-0.25, -0.2) is 0 Å². The molecule has 0 bridgehead atoms. The number of piperidine rings is 1. The Kier molecular flexibility index (Phi) is 5.04. The van der Waals surface area contributed by atoms with Crippen LogP contribution >= 0.6 is 0 Å². The van der Waals surface area contributed by atoms with Crippen molar-refractivity contribution in [2.75, 3.05) is 19.7 Å². The number of carbonyl (C=O) groups is 1. The van der Waals surface area contributed by atoms with Crippen LogP contribution in [-0.4, -0.2) is 46.8 Å². The van der Waals surface area contributed by atoms with Crippen LogP contribution in [-0.2, 0) is 16.1 Å². The number of nitrogens with two attached hydrogens (primary N) is 1. The number of aromatic nitrogens is 2. The zero-order valence-electron chi connectivity index (χ0n) is 14.9. The van der Waals surface area contributed by atoms with E-state index < -0.39 is 0 Å². The smallest absolute Gasteiger partial charge is 0.223 e. The molecule has 6 heteroatoms. The Bertz CT molecular complexity index is 737. The number of benzene rings is 1. The second-order valence-corrected chi connectivity index (χ2v) is 7.38. The maximum atomic E-state index is 11.6. The van der Waals surface area contributed by atoms with Crippen molar-refractivity contribution in [1.82, 2.24) is 15.1 Å². The topological polar surface area (TPSA) is 84.2 Å². The van der Waals surface area contributed by atoms with Gasteiger partial charge < -0.3 is 10.5 Å². The van der Waals surface area contributed by atoms with E-state index in [1.807, 2.05) is 24.4 Å². The van der Waals surface area contributed by atoms with E-state index in [-0.39, 0.29) is 17.9 Å². The van der Waals surface area contributed by atoms with Gasteiger partial charge in [-0.1, -0.05) is 30.3 Å². The summed E-state index contributed by atoms with van der Waals surface area (Å²) >= 11 is 0. The standard InChI is InChI=1S/C20H26N4O2/c21-20(25)17-8-11-26-19(17)15-6-9-24(10-7-15)13-16-12-22-23-18(16)14-4-2-1-3-5-14/h1-5,12,15,17,19H,6-11,13H2,(H2,21,25)(H,22,23)/t17-,19+/m0/s1. The highest BCUT2D eigenvalue weighted by molar-refractivity contribution is 5.77. The maximum Gasteiger partial charge on any atom is 0.223 e. The van der Waals surface area contributed by atoms with E-state index in [0.717, 1.165) is 44.6 Å². The molecule has 6 nitrogen and oxygen atoms in total. The Morgan fingerprint density at radius 1 is 1.23 bits per heavy atom. The molecule has 2 fully saturated rings. The SMILES string of the molecule is NC(=O)[C@H]1CCO[C@@H]1C1CCN(Cc2cn[nH]c2-c2ccccc2)CC1. The third-order valence-corrected chi connectivity index (χ3v) is 5.77. The van der Waals surface area contributed by atoms with Crippen molar-refractivity contribution in [2.45, 2.75) is 31.9 Å². The molecule has 2 aliphatic heterocycles. The molecule has 0 saturated carbocycles. The number of hydrogen-bond donors (Lipinski definition) is 2. The van der Waals surface area contributed by atoms with Crippen LogP contribution in [0.3, 0.4) is 0 Å². The van der Waals surface area contributed by atoms with Crippen LogP contribution in [0.15, 0.2) is 36.5 Å². The third-order valence-electron chi connectivity index (χ3n) is 5.77. The zero-order chi connectivity index (χ0) is 17.9. The molecule has 0 unspecified atom stereocenters. The van der Waals surface area contributed by atoms with Crippen LogP contribution in [0.25, 0.3) is 11.3 Å². The van der Waals surface area contributed by atoms with E-state index >= 15 is 0 Å². The fourth-order valence-corrected chi connectivity index (χ4v) is 4.35. The quantitative estimate of drug-likeness (QED) is 0.862.